The molecule has 6 heteroatoms. The minimum Gasteiger partial charge on any atom is -0.481 e. The van der Waals surface area contributed by atoms with Gasteiger partial charge in [-0.3, -0.25) is 4.79 Å². The van der Waals surface area contributed by atoms with Crippen molar-refractivity contribution in [3.8, 4) is 0 Å². The highest BCUT2D eigenvalue weighted by Crippen LogP contribution is 2.34. The average molecular weight is 270 g/mol. The number of nitrogens with zero attached hydrogens (tertiary/aromatic N) is 1. The van der Waals surface area contributed by atoms with Crippen LogP contribution in [0, 0.1) is 5.41 Å². The second kappa shape index (κ2) is 5.00. The highest BCUT2D eigenvalue weighted by Gasteiger charge is 2.42. The zero-order chi connectivity index (χ0) is 14.1. The highest BCUT2D eigenvalue weighted by molar-refractivity contribution is 5.79. The van der Waals surface area contributed by atoms with E-state index in [9.17, 15) is 14.7 Å². The van der Waals surface area contributed by atoms with Gasteiger partial charge in [-0.15, -0.1) is 0 Å². The topological polar surface area (TPSA) is 89.9 Å². The fourth-order valence-corrected chi connectivity index (χ4v) is 2.66. The molecule has 1 aliphatic heterocycles. The van der Waals surface area contributed by atoms with Crippen LogP contribution in [-0.4, -0.2) is 52.3 Å². The summed E-state index contributed by atoms with van der Waals surface area (Å²) < 4.78 is 0. The Hall–Kier alpha value is -1.30. The molecule has 1 atom stereocenters. The summed E-state index contributed by atoms with van der Waals surface area (Å²) in [4.78, 5) is 24.5. The average Bonchev–Trinajstić information content (AvgIpc) is 2.71. The first-order valence-corrected chi connectivity index (χ1v) is 6.83. The van der Waals surface area contributed by atoms with E-state index in [4.69, 9.17) is 5.11 Å². The maximum absolute atomic E-state index is 11.9. The van der Waals surface area contributed by atoms with Crippen molar-refractivity contribution in [1.82, 2.24) is 10.2 Å². The van der Waals surface area contributed by atoms with Crippen LogP contribution >= 0.6 is 0 Å². The molecule has 2 fully saturated rings. The Morgan fingerprint density at radius 3 is 2.47 bits per heavy atom. The molecular formula is C13H22N2O4. The van der Waals surface area contributed by atoms with Crippen LogP contribution < -0.4 is 5.32 Å². The number of rotatable bonds is 4. The Bertz CT molecular complexity index is 381. The molecule has 1 heterocycles. The third kappa shape index (κ3) is 3.00. The molecule has 3 N–H and O–H groups in total. The fraction of sp³-hybridized carbons (Fsp3) is 0.846. The number of nitrogens with one attached hydrogen (secondary N) is 1. The molecule has 1 saturated heterocycles. The number of aliphatic carboxylic acids is 1. The number of likely N-dealkylation sites (tertiary alicyclic amines) is 1. The van der Waals surface area contributed by atoms with Gasteiger partial charge in [0.2, 0.25) is 0 Å². The predicted octanol–water partition coefficient (Wildman–Crippen LogP) is 0.798. The number of amides is 2. The molecule has 108 valence electrons. The number of carbonyl (C=O) groups is 2. The van der Waals surface area contributed by atoms with Crippen LogP contribution in [0.1, 0.15) is 39.0 Å². The van der Waals surface area contributed by atoms with Gasteiger partial charge in [0.25, 0.3) is 0 Å². The molecule has 0 bridgehead atoms. The lowest BCUT2D eigenvalue weighted by molar-refractivity contribution is -0.146. The first-order chi connectivity index (χ1) is 8.85. The maximum atomic E-state index is 11.9. The van der Waals surface area contributed by atoms with Crippen molar-refractivity contribution in [1.29, 1.82) is 0 Å². The molecule has 0 spiro atoms. The molecule has 19 heavy (non-hydrogen) atoms. The SMILES string of the molecule is CC1(C(=O)O)CCN(C(=O)NCCC2(O)CCC2)C1. The third-order valence-corrected chi connectivity index (χ3v) is 4.43. The molecule has 1 unspecified atom stereocenters. The Balaban J connectivity index is 1.74. The van der Waals surface area contributed by atoms with Gasteiger partial charge in [0.05, 0.1) is 11.0 Å². The van der Waals surface area contributed by atoms with Crippen molar-refractivity contribution in [2.45, 2.75) is 44.6 Å². The smallest absolute Gasteiger partial charge is 0.317 e. The molecule has 0 aromatic heterocycles. The van der Waals surface area contributed by atoms with Gasteiger partial charge in [-0.25, -0.2) is 4.79 Å². The van der Waals surface area contributed by atoms with Crippen molar-refractivity contribution >= 4 is 12.0 Å². The lowest BCUT2D eigenvalue weighted by atomic mass is 9.78. The van der Waals surface area contributed by atoms with E-state index < -0.39 is 17.0 Å². The van der Waals surface area contributed by atoms with E-state index in [1.807, 2.05) is 0 Å². The van der Waals surface area contributed by atoms with Crippen molar-refractivity contribution in [3.63, 3.8) is 0 Å². The zero-order valence-electron chi connectivity index (χ0n) is 11.3. The molecule has 0 radical (unpaired) electrons. The normalized spacial score (nSPS) is 28.8. The number of urea groups is 1. The Morgan fingerprint density at radius 2 is 2.00 bits per heavy atom. The molecule has 2 aliphatic rings. The minimum absolute atomic E-state index is 0.229. The van der Waals surface area contributed by atoms with Crippen LogP contribution in [0.5, 0.6) is 0 Å². The minimum atomic E-state index is -0.855. The summed E-state index contributed by atoms with van der Waals surface area (Å²) in [5, 5.41) is 21.8. The van der Waals surface area contributed by atoms with Gasteiger partial charge >= 0.3 is 12.0 Å². The van der Waals surface area contributed by atoms with Crippen LogP contribution in [0.4, 0.5) is 4.79 Å². The predicted molar refractivity (Wildman–Crippen MR) is 68.7 cm³/mol. The van der Waals surface area contributed by atoms with Gasteiger partial charge in [-0.05, 0) is 39.0 Å². The molecule has 2 amide bonds. The standard InChI is InChI=1S/C13H22N2O4/c1-12(10(16)17)6-8-15(9-12)11(18)14-7-5-13(19)3-2-4-13/h19H,2-9H2,1H3,(H,14,18)(H,16,17). The van der Waals surface area contributed by atoms with Crippen LogP contribution in [-0.2, 0) is 4.79 Å². The fourth-order valence-electron chi connectivity index (χ4n) is 2.66. The summed E-state index contributed by atoms with van der Waals surface area (Å²) in [7, 11) is 0. The van der Waals surface area contributed by atoms with E-state index in [1.165, 1.54) is 0 Å². The van der Waals surface area contributed by atoms with Gasteiger partial charge in [-0.2, -0.15) is 0 Å². The second-order valence-electron chi connectivity index (χ2n) is 6.10. The summed E-state index contributed by atoms with van der Waals surface area (Å²) in [5.74, 6) is -0.855. The van der Waals surface area contributed by atoms with E-state index in [0.717, 1.165) is 19.3 Å². The van der Waals surface area contributed by atoms with Gasteiger partial charge in [-0.1, -0.05) is 0 Å². The zero-order valence-corrected chi connectivity index (χ0v) is 11.3. The summed E-state index contributed by atoms with van der Waals surface area (Å²) in [6.45, 7) is 2.83. The second-order valence-corrected chi connectivity index (χ2v) is 6.10. The van der Waals surface area contributed by atoms with E-state index in [0.29, 0.717) is 25.9 Å². The lowest BCUT2D eigenvalue weighted by Crippen LogP contribution is -2.44. The van der Waals surface area contributed by atoms with Gasteiger partial charge in [0, 0.05) is 19.6 Å². The molecule has 6 nitrogen and oxygen atoms in total. The van der Waals surface area contributed by atoms with E-state index >= 15 is 0 Å². The first-order valence-electron chi connectivity index (χ1n) is 6.83. The summed E-state index contributed by atoms with van der Waals surface area (Å²) >= 11 is 0. The highest BCUT2D eigenvalue weighted by atomic mass is 16.4. The van der Waals surface area contributed by atoms with Gasteiger partial charge < -0.3 is 20.4 Å². The number of carbonyl (C=O) groups excluding carboxylic acids is 1. The monoisotopic (exact) mass is 270 g/mol. The van der Waals surface area contributed by atoms with Crippen molar-refractivity contribution < 1.29 is 19.8 Å². The summed E-state index contributed by atoms with van der Waals surface area (Å²) in [5.41, 5.74) is -1.42. The Kier molecular flexibility index (Phi) is 3.71. The van der Waals surface area contributed by atoms with Crippen LogP contribution in [0.3, 0.4) is 0 Å². The van der Waals surface area contributed by atoms with E-state index in [1.54, 1.807) is 11.8 Å². The Labute approximate surface area is 112 Å². The summed E-state index contributed by atoms with van der Waals surface area (Å²) in [6.07, 6.45) is 3.73. The van der Waals surface area contributed by atoms with Crippen molar-refractivity contribution in [2.75, 3.05) is 19.6 Å². The number of hydrogen-bond acceptors (Lipinski definition) is 3. The van der Waals surface area contributed by atoms with Gasteiger partial charge in [0.1, 0.15) is 0 Å². The van der Waals surface area contributed by atoms with Crippen LogP contribution in [0.2, 0.25) is 0 Å². The molecule has 0 aromatic carbocycles. The van der Waals surface area contributed by atoms with E-state index in [2.05, 4.69) is 5.32 Å². The quantitative estimate of drug-likeness (QED) is 0.704. The molecule has 1 saturated carbocycles. The molecule has 2 rings (SSSR count). The maximum Gasteiger partial charge on any atom is 0.317 e. The first kappa shape index (κ1) is 14.1. The van der Waals surface area contributed by atoms with Gasteiger partial charge in [0.15, 0.2) is 0 Å². The summed E-state index contributed by atoms with van der Waals surface area (Å²) in [6, 6.07) is -0.229. The number of hydrogen-bond donors (Lipinski definition) is 3. The largest absolute Gasteiger partial charge is 0.481 e. The van der Waals surface area contributed by atoms with E-state index in [-0.39, 0.29) is 12.6 Å². The number of carboxylic acids is 1. The Morgan fingerprint density at radius 1 is 1.32 bits per heavy atom. The molecule has 0 aromatic rings. The van der Waals surface area contributed by atoms with Crippen LogP contribution in [0.15, 0.2) is 0 Å². The van der Waals surface area contributed by atoms with Crippen LogP contribution in [0.25, 0.3) is 0 Å². The molecule has 1 aliphatic carbocycles. The lowest BCUT2D eigenvalue weighted by Gasteiger charge is -2.36. The third-order valence-electron chi connectivity index (χ3n) is 4.43. The number of aliphatic hydroxyl groups is 1. The van der Waals surface area contributed by atoms with Crippen molar-refractivity contribution in [3.05, 3.63) is 0 Å². The van der Waals surface area contributed by atoms with Crippen molar-refractivity contribution in [2.24, 2.45) is 5.41 Å². The number of carboxylic acid groups (broad SMARTS) is 1. The molecular weight excluding hydrogens is 248 g/mol.